The molecule has 0 fully saturated rings. The zero-order valence-corrected chi connectivity index (χ0v) is 12.2. The SMILES string of the molecule is c1ccc2c(c1)ccc1cc3c(cc12)sc1ccccc13. The zero-order valence-electron chi connectivity index (χ0n) is 11.3. The topological polar surface area (TPSA) is 0 Å². The molecule has 0 unspecified atom stereocenters. The molecule has 98 valence electrons. The summed E-state index contributed by atoms with van der Waals surface area (Å²) in [5.41, 5.74) is 0. The maximum Gasteiger partial charge on any atom is 0.0362 e. The van der Waals surface area contributed by atoms with Gasteiger partial charge in [0.2, 0.25) is 0 Å². The summed E-state index contributed by atoms with van der Waals surface area (Å²) in [5, 5.41) is 8.07. The molecule has 0 bridgehead atoms. The fourth-order valence-corrected chi connectivity index (χ4v) is 4.35. The molecule has 0 aliphatic rings. The van der Waals surface area contributed by atoms with Crippen molar-refractivity contribution in [2.24, 2.45) is 0 Å². The first-order valence-electron chi connectivity index (χ1n) is 7.13. The van der Waals surface area contributed by atoms with Crippen molar-refractivity contribution in [1.82, 2.24) is 0 Å². The largest absolute Gasteiger partial charge is 0.135 e. The average Bonchev–Trinajstić information content (AvgIpc) is 2.90. The van der Waals surface area contributed by atoms with Gasteiger partial charge in [-0.3, -0.25) is 0 Å². The number of benzene rings is 4. The second-order valence-electron chi connectivity index (χ2n) is 5.45. The van der Waals surface area contributed by atoms with Crippen LogP contribution in [0.3, 0.4) is 0 Å². The van der Waals surface area contributed by atoms with Gasteiger partial charge in [0.25, 0.3) is 0 Å². The minimum absolute atomic E-state index is 1.31. The molecule has 5 aromatic rings. The fraction of sp³-hybridized carbons (Fsp3) is 0. The Morgan fingerprint density at radius 1 is 0.476 bits per heavy atom. The minimum atomic E-state index is 1.31. The standard InChI is InChI=1S/C20H12S/c1-2-6-15-13(5-1)9-10-14-11-18-16-7-3-4-8-19(16)21-20(18)12-17(14)15/h1-12H. The highest BCUT2D eigenvalue weighted by molar-refractivity contribution is 7.25. The molecule has 4 aromatic carbocycles. The van der Waals surface area contributed by atoms with Gasteiger partial charge in [-0.05, 0) is 39.7 Å². The van der Waals surface area contributed by atoms with Crippen LogP contribution in [0.4, 0.5) is 0 Å². The van der Waals surface area contributed by atoms with E-state index >= 15 is 0 Å². The normalized spacial score (nSPS) is 11.8. The molecule has 0 amide bonds. The van der Waals surface area contributed by atoms with Gasteiger partial charge in [-0.2, -0.15) is 0 Å². The molecule has 0 N–H and O–H groups in total. The highest BCUT2D eigenvalue weighted by Crippen LogP contribution is 2.37. The van der Waals surface area contributed by atoms with Crippen LogP contribution < -0.4 is 0 Å². The van der Waals surface area contributed by atoms with Crippen molar-refractivity contribution in [3.8, 4) is 0 Å². The Labute approximate surface area is 126 Å². The minimum Gasteiger partial charge on any atom is -0.135 e. The smallest absolute Gasteiger partial charge is 0.0362 e. The van der Waals surface area contributed by atoms with Crippen LogP contribution in [0.15, 0.2) is 72.8 Å². The number of fused-ring (bicyclic) bond motifs is 6. The predicted molar refractivity (Wildman–Crippen MR) is 94.3 cm³/mol. The van der Waals surface area contributed by atoms with Gasteiger partial charge >= 0.3 is 0 Å². The van der Waals surface area contributed by atoms with Gasteiger partial charge in [0.1, 0.15) is 0 Å². The molecule has 1 heterocycles. The lowest BCUT2D eigenvalue weighted by Gasteiger charge is -2.04. The fourth-order valence-electron chi connectivity index (χ4n) is 3.23. The van der Waals surface area contributed by atoms with Gasteiger partial charge in [-0.25, -0.2) is 0 Å². The molecule has 0 radical (unpaired) electrons. The van der Waals surface area contributed by atoms with E-state index in [1.807, 2.05) is 11.3 Å². The van der Waals surface area contributed by atoms with Gasteiger partial charge in [0.05, 0.1) is 0 Å². The summed E-state index contributed by atoms with van der Waals surface area (Å²) in [6.07, 6.45) is 0. The van der Waals surface area contributed by atoms with Gasteiger partial charge in [-0.1, -0.05) is 54.6 Å². The number of rotatable bonds is 0. The number of hydrogen-bond acceptors (Lipinski definition) is 1. The van der Waals surface area contributed by atoms with Crippen LogP contribution in [0.5, 0.6) is 0 Å². The molecule has 0 atom stereocenters. The Bertz CT molecular complexity index is 1130. The zero-order chi connectivity index (χ0) is 13.8. The Morgan fingerprint density at radius 3 is 2.19 bits per heavy atom. The van der Waals surface area contributed by atoms with E-state index in [4.69, 9.17) is 0 Å². The van der Waals surface area contributed by atoms with Crippen molar-refractivity contribution in [2.45, 2.75) is 0 Å². The van der Waals surface area contributed by atoms with Gasteiger partial charge in [-0.15, -0.1) is 11.3 Å². The summed E-state index contributed by atoms with van der Waals surface area (Å²) < 4.78 is 2.74. The third kappa shape index (κ3) is 1.55. The van der Waals surface area contributed by atoms with Crippen LogP contribution in [0.1, 0.15) is 0 Å². The molecule has 0 spiro atoms. The van der Waals surface area contributed by atoms with Crippen molar-refractivity contribution in [3.63, 3.8) is 0 Å². The summed E-state index contributed by atoms with van der Waals surface area (Å²) in [7, 11) is 0. The van der Waals surface area contributed by atoms with Gasteiger partial charge < -0.3 is 0 Å². The third-order valence-corrected chi connectivity index (χ3v) is 5.38. The lowest BCUT2D eigenvalue weighted by Crippen LogP contribution is -1.77. The molecular formula is C20H12S. The summed E-state index contributed by atoms with van der Waals surface area (Å²) in [5.74, 6) is 0. The van der Waals surface area contributed by atoms with E-state index in [-0.39, 0.29) is 0 Å². The van der Waals surface area contributed by atoms with Crippen LogP contribution >= 0.6 is 11.3 Å². The molecule has 0 aliphatic carbocycles. The van der Waals surface area contributed by atoms with Crippen LogP contribution in [0.2, 0.25) is 0 Å². The molecule has 0 aliphatic heterocycles. The Kier molecular flexibility index (Phi) is 2.18. The van der Waals surface area contributed by atoms with Crippen molar-refractivity contribution in [3.05, 3.63) is 72.8 Å². The number of hydrogen-bond donors (Lipinski definition) is 0. The molecule has 21 heavy (non-hydrogen) atoms. The van der Waals surface area contributed by atoms with Crippen LogP contribution in [0, 0.1) is 0 Å². The molecule has 0 saturated heterocycles. The molecule has 5 rings (SSSR count). The lowest BCUT2D eigenvalue weighted by atomic mass is 10.0. The predicted octanol–water partition coefficient (Wildman–Crippen LogP) is 6.36. The third-order valence-electron chi connectivity index (χ3n) is 4.24. The molecular weight excluding hydrogens is 272 g/mol. The summed E-state index contributed by atoms with van der Waals surface area (Å²) in [6.45, 7) is 0. The van der Waals surface area contributed by atoms with E-state index in [9.17, 15) is 0 Å². The first-order chi connectivity index (χ1) is 10.4. The molecule has 0 nitrogen and oxygen atoms in total. The molecule has 0 saturated carbocycles. The Hall–Kier alpha value is -2.38. The first kappa shape index (κ1) is 11.3. The quantitative estimate of drug-likeness (QED) is 0.290. The van der Waals surface area contributed by atoms with E-state index in [1.54, 1.807) is 0 Å². The maximum absolute atomic E-state index is 2.36. The molecule has 1 aromatic heterocycles. The highest BCUT2D eigenvalue weighted by atomic mass is 32.1. The van der Waals surface area contributed by atoms with E-state index in [2.05, 4.69) is 72.8 Å². The van der Waals surface area contributed by atoms with E-state index in [0.29, 0.717) is 0 Å². The summed E-state index contributed by atoms with van der Waals surface area (Å²) >= 11 is 1.89. The Morgan fingerprint density at radius 2 is 1.24 bits per heavy atom. The maximum atomic E-state index is 2.36. The van der Waals surface area contributed by atoms with Crippen molar-refractivity contribution < 1.29 is 0 Å². The molecule has 1 heteroatoms. The van der Waals surface area contributed by atoms with Gasteiger partial charge in [0.15, 0.2) is 0 Å². The van der Waals surface area contributed by atoms with Crippen LogP contribution in [-0.2, 0) is 0 Å². The monoisotopic (exact) mass is 284 g/mol. The van der Waals surface area contributed by atoms with Crippen molar-refractivity contribution in [2.75, 3.05) is 0 Å². The summed E-state index contributed by atoms with van der Waals surface area (Å²) in [4.78, 5) is 0. The van der Waals surface area contributed by atoms with E-state index in [0.717, 1.165) is 0 Å². The second-order valence-corrected chi connectivity index (χ2v) is 6.54. The first-order valence-corrected chi connectivity index (χ1v) is 7.94. The van der Waals surface area contributed by atoms with E-state index < -0.39 is 0 Å². The highest BCUT2D eigenvalue weighted by Gasteiger charge is 2.07. The average molecular weight is 284 g/mol. The van der Waals surface area contributed by atoms with Crippen molar-refractivity contribution in [1.29, 1.82) is 0 Å². The van der Waals surface area contributed by atoms with Crippen molar-refractivity contribution >= 4 is 53.1 Å². The van der Waals surface area contributed by atoms with Crippen LogP contribution in [-0.4, -0.2) is 0 Å². The van der Waals surface area contributed by atoms with Crippen LogP contribution in [0.25, 0.3) is 41.7 Å². The number of thiophene rings is 1. The Balaban J connectivity index is 2.04. The second kappa shape index (κ2) is 4.06. The lowest BCUT2D eigenvalue weighted by molar-refractivity contribution is 1.80. The van der Waals surface area contributed by atoms with E-state index in [1.165, 1.54) is 41.7 Å². The van der Waals surface area contributed by atoms with Gasteiger partial charge in [0, 0.05) is 20.2 Å². The summed E-state index contributed by atoms with van der Waals surface area (Å²) in [6, 6.07) is 26.5.